The summed E-state index contributed by atoms with van der Waals surface area (Å²) in [6.45, 7) is 5.15. The lowest BCUT2D eigenvalue weighted by Gasteiger charge is -2.23. The molecule has 2 rings (SSSR count). The number of rotatable bonds is 6. The number of aliphatic hydroxyl groups excluding tert-OH is 1. The SMILES string of the molecule is CC1CC1PN(C[C@@H](C)O)PC1CC1. The predicted molar refractivity (Wildman–Crippen MR) is 65.6 cm³/mol. The summed E-state index contributed by atoms with van der Waals surface area (Å²) in [5.74, 6) is 0.953. The van der Waals surface area contributed by atoms with E-state index in [9.17, 15) is 5.11 Å². The number of hydrogen-bond donors (Lipinski definition) is 1. The molecule has 0 aliphatic heterocycles. The first-order chi connectivity index (χ1) is 6.65. The van der Waals surface area contributed by atoms with Gasteiger partial charge in [0.05, 0.1) is 6.10 Å². The van der Waals surface area contributed by atoms with E-state index in [1.54, 1.807) is 0 Å². The average Bonchev–Trinajstić information content (AvgIpc) is 2.92. The molecular formula is C10H21NOP2. The highest BCUT2D eigenvalue weighted by atomic mass is 31.1. The molecule has 2 saturated carbocycles. The monoisotopic (exact) mass is 233 g/mol. The first kappa shape index (κ1) is 11.3. The van der Waals surface area contributed by atoms with E-state index in [1.165, 1.54) is 19.3 Å². The van der Waals surface area contributed by atoms with E-state index in [1.807, 2.05) is 6.92 Å². The number of nitrogens with zero attached hydrogens (tertiary/aromatic N) is 1. The fourth-order valence-electron chi connectivity index (χ4n) is 1.54. The van der Waals surface area contributed by atoms with Crippen LogP contribution in [0.5, 0.6) is 0 Å². The maximum absolute atomic E-state index is 9.42. The second-order valence-electron chi connectivity index (χ2n) is 4.81. The predicted octanol–water partition coefficient (Wildman–Crippen LogP) is 2.43. The Morgan fingerprint density at radius 2 is 2.07 bits per heavy atom. The first-order valence-electron chi connectivity index (χ1n) is 5.63. The van der Waals surface area contributed by atoms with Crippen molar-refractivity contribution in [3.8, 4) is 0 Å². The van der Waals surface area contributed by atoms with Gasteiger partial charge in [0.25, 0.3) is 0 Å². The average molecular weight is 233 g/mol. The van der Waals surface area contributed by atoms with Crippen LogP contribution < -0.4 is 0 Å². The van der Waals surface area contributed by atoms with Crippen LogP contribution in [-0.2, 0) is 0 Å². The van der Waals surface area contributed by atoms with Gasteiger partial charge < -0.3 is 5.11 Å². The molecule has 1 N–H and O–H groups in total. The van der Waals surface area contributed by atoms with Gasteiger partial charge >= 0.3 is 0 Å². The Kier molecular flexibility index (Phi) is 3.82. The summed E-state index contributed by atoms with van der Waals surface area (Å²) in [5.41, 5.74) is 1.94. The minimum Gasteiger partial charge on any atom is -0.392 e. The van der Waals surface area contributed by atoms with E-state index in [-0.39, 0.29) is 6.10 Å². The molecule has 0 saturated heterocycles. The molecule has 0 aromatic carbocycles. The molecular weight excluding hydrogens is 212 g/mol. The van der Waals surface area contributed by atoms with Crippen LogP contribution in [0.1, 0.15) is 33.1 Å². The van der Waals surface area contributed by atoms with E-state index >= 15 is 0 Å². The third kappa shape index (κ3) is 3.74. The van der Waals surface area contributed by atoms with Crippen LogP contribution in [0.3, 0.4) is 0 Å². The van der Waals surface area contributed by atoms with Crippen molar-refractivity contribution in [2.45, 2.75) is 50.5 Å². The number of aliphatic hydroxyl groups is 1. The van der Waals surface area contributed by atoms with Crippen molar-refractivity contribution < 1.29 is 5.11 Å². The van der Waals surface area contributed by atoms with Crippen LogP contribution in [-0.4, -0.2) is 33.5 Å². The van der Waals surface area contributed by atoms with Crippen molar-refractivity contribution in [1.29, 1.82) is 0 Å². The van der Waals surface area contributed by atoms with Crippen molar-refractivity contribution in [1.82, 2.24) is 4.44 Å². The fourth-order valence-corrected chi connectivity index (χ4v) is 5.62. The molecule has 4 heteroatoms. The molecule has 0 radical (unpaired) electrons. The second-order valence-corrected chi connectivity index (χ2v) is 8.41. The highest BCUT2D eigenvalue weighted by Gasteiger charge is 2.35. The van der Waals surface area contributed by atoms with E-state index in [4.69, 9.17) is 0 Å². The molecule has 5 atom stereocenters. The molecule has 0 amide bonds. The van der Waals surface area contributed by atoms with Gasteiger partial charge in [0, 0.05) is 6.54 Å². The molecule has 2 fully saturated rings. The maximum Gasteiger partial charge on any atom is 0.0645 e. The molecule has 2 aliphatic carbocycles. The Morgan fingerprint density at radius 3 is 2.50 bits per heavy atom. The van der Waals surface area contributed by atoms with E-state index < -0.39 is 0 Å². The summed E-state index contributed by atoms with van der Waals surface area (Å²) in [6, 6.07) is 0. The van der Waals surface area contributed by atoms with Gasteiger partial charge in [-0.05, 0) is 60.9 Å². The highest BCUT2D eigenvalue weighted by molar-refractivity contribution is 7.52. The molecule has 82 valence electrons. The third-order valence-corrected chi connectivity index (χ3v) is 6.64. The lowest BCUT2D eigenvalue weighted by Crippen LogP contribution is -2.18. The van der Waals surface area contributed by atoms with Crippen LogP contribution in [0.4, 0.5) is 0 Å². The zero-order chi connectivity index (χ0) is 10.1. The first-order valence-corrected chi connectivity index (χ1v) is 7.68. The molecule has 2 nitrogen and oxygen atoms in total. The van der Waals surface area contributed by atoms with Gasteiger partial charge in [-0.2, -0.15) is 0 Å². The van der Waals surface area contributed by atoms with E-state index in [2.05, 4.69) is 11.4 Å². The number of hydrogen-bond acceptors (Lipinski definition) is 2. The Bertz CT molecular complexity index is 193. The van der Waals surface area contributed by atoms with E-state index in [0.29, 0.717) is 0 Å². The molecule has 2 aliphatic rings. The molecule has 0 bridgehead atoms. The maximum atomic E-state index is 9.42. The van der Waals surface area contributed by atoms with Crippen molar-refractivity contribution in [3.63, 3.8) is 0 Å². The minimum absolute atomic E-state index is 0.150. The quantitative estimate of drug-likeness (QED) is 0.712. The molecule has 0 aromatic rings. The topological polar surface area (TPSA) is 23.5 Å². The summed E-state index contributed by atoms with van der Waals surface area (Å²) >= 11 is 0. The van der Waals surface area contributed by atoms with Crippen LogP contribution in [0.25, 0.3) is 0 Å². The third-order valence-electron chi connectivity index (χ3n) is 2.79. The van der Waals surface area contributed by atoms with Gasteiger partial charge in [-0.3, -0.25) is 4.44 Å². The smallest absolute Gasteiger partial charge is 0.0645 e. The zero-order valence-corrected chi connectivity index (χ0v) is 11.0. The van der Waals surface area contributed by atoms with Gasteiger partial charge in [0.15, 0.2) is 0 Å². The van der Waals surface area contributed by atoms with Gasteiger partial charge in [-0.25, -0.2) is 0 Å². The van der Waals surface area contributed by atoms with Crippen molar-refractivity contribution in [2.75, 3.05) is 6.54 Å². The lowest BCUT2D eigenvalue weighted by molar-refractivity contribution is 0.185. The van der Waals surface area contributed by atoms with Crippen molar-refractivity contribution >= 4 is 17.5 Å². The van der Waals surface area contributed by atoms with Gasteiger partial charge in [0.2, 0.25) is 0 Å². The molecule has 14 heavy (non-hydrogen) atoms. The van der Waals surface area contributed by atoms with Crippen molar-refractivity contribution in [2.24, 2.45) is 5.92 Å². The van der Waals surface area contributed by atoms with Gasteiger partial charge in [0.1, 0.15) is 0 Å². The Hall–Kier alpha value is 0.780. The van der Waals surface area contributed by atoms with Crippen LogP contribution in [0.2, 0.25) is 0 Å². The largest absolute Gasteiger partial charge is 0.392 e. The molecule has 0 aromatic heterocycles. The minimum atomic E-state index is -0.150. The normalized spacial score (nSPS) is 35.1. The summed E-state index contributed by atoms with van der Waals surface area (Å²) in [4.78, 5) is 0. The molecule has 0 spiro atoms. The van der Waals surface area contributed by atoms with Crippen molar-refractivity contribution in [3.05, 3.63) is 0 Å². The standard InChI is InChI=1S/C10H21NOP2/c1-7-5-10(7)14-11(6-8(2)12)13-9-3-4-9/h7-10,12-14H,3-6H2,1-2H3/t7?,8-,10?/m1/s1. The lowest BCUT2D eigenvalue weighted by atomic mass is 10.4. The molecule has 0 heterocycles. The Morgan fingerprint density at radius 1 is 1.43 bits per heavy atom. The van der Waals surface area contributed by atoms with E-state index in [0.717, 1.165) is 41.2 Å². The summed E-state index contributed by atoms with van der Waals surface area (Å²) < 4.78 is 2.54. The summed E-state index contributed by atoms with van der Waals surface area (Å²) in [7, 11) is 1.97. The Balaban J connectivity index is 1.72. The van der Waals surface area contributed by atoms with Gasteiger partial charge in [-0.1, -0.05) is 6.92 Å². The van der Waals surface area contributed by atoms with Crippen LogP contribution >= 0.6 is 17.5 Å². The van der Waals surface area contributed by atoms with Crippen LogP contribution in [0.15, 0.2) is 0 Å². The molecule has 4 unspecified atom stereocenters. The Labute approximate surface area is 90.5 Å². The summed E-state index contributed by atoms with van der Waals surface area (Å²) in [5, 5.41) is 9.42. The second kappa shape index (κ2) is 4.74. The van der Waals surface area contributed by atoms with Gasteiger partial charge in [-0.15, -0.1) is 0 Å². The zero-order valence-electron chi connectivity index (χ0n) is 9.03. The fraction of sp³-hybridized carbons (Fsp3) is 1.00. The van der Waals surface area contributed by atoms with Crippen LogP contribution in [0, 0.1) is 5.92 Å². The highest BCUT2D eigenvalue weighted by Crippen LogP contribution is 2.54. The summed E-state index contributed by atoms with van der Waals surface area (Å²) in [6.07, 6.45) is 4.13.